The molecule has 0 aliphatic carbocycles. The summed E-state index contributed by atoms with van der Waals surface area (Å²) >= 11 is 0. The first-order chi connectivity index (χ1) is 7.49. The number of sulfonamides is 1. The van der Waals surface area contributed by atoms with E-state index in [1.807, 2.05) is 0 Å². The van der Waals surface area contributed by atoms with Crippen molar-refractivity contribution in [2.24, 2.45) is 5.92 Å². The van der Waals surface area contributed by atoms with Crippen molar-refractivity contribution in [3.05, 3.63) is 17.9 Å². The molecule has 6 nitrogen and oxygen atoms in total. The van der Waals surface area contributed by atoms with E-state index < -0.39 is 10.0 Å². The summed E-state index contributed by atoms with van der Waals surface area (Å²) in [5.74, 6) is 0.0256. The van der Waals surface area contributed by atoms with Crippen LogP contribution >= 0.6 is 0 Å². The first-order valence-corrected chi connectivity index (χ1v) is 6.28. The molecule has 0 amide bonds. The molecule has 1 aromatic rings. The van der Waals surface area contributed by atoms with Gasteiger partial charge in [-0.1, -0.05) is 6.92 Å². The quantitative estimate of drug-likeness (QED) is 0.641. The fourth-order valence-corrected chi connectivity index (χ4v) is 2.09. The molecular formula is C9H15NO5S. The molecule has 1 atom stereocenters. The van der Waals surface area contributed by atoms with Crippen molar-refractivity contribution in [3.63, 3.8) is 0 Å². The molecule has 0 saturated carbocycles. The SMILES string of the molecule is CC(CO)CNS(=O)(=O)c1ccc(CO)o1. The van der Waals surface area contributed by atoms with Crippen LogP contribution in [0.1, 0.15) is 12.7 Å². The molecule has 1 unspecified atom stereocenters. The fourth-order valence-electron chi connectivity index (χ4n) is 0.975. The van der Waals surface area contributed by atoms with E-state index in [2.05, 4.69) is 4.72 Å². The average molecular weight is 249 g/mol. The molecule has 0 saturated heterocycles. The predicted octanol–water partition coefficient (Wildman–Crippen LogP) is -0.321. The number of hydrogen-bond acceptors (Lipinski definition) is 5. The number of furan rings is 1. The molecule has 0 aliphatic rings. The highest BCUT2D eigenvalue weighted by Gasteiger charge is 2.18. The Hall–Kier alpha value is -0.890. The maximum absolute atomic E-state index is 11.6. The topological polar surface area (TPSA) is 99.8 Å². The van der Waals surface area contributed by atoms with Gasteiger partial charge in [-0.3, -0.25) is 0 Å². The molecule has 0 aliphatic heterocycles. The number of rotatable bonds is 6. The van der Waals surface area contributed by atoms with Crippen molar-refractivity contribution in [1.82, 2.24) is 4.72 Å². The Balaban J connectivity index is 2.70. The largest absolute Gasteiger partial charge is 0.446 e. The Labute approximate surface area is 93.9 Å². The first kappa shape index (κ1) is 13.2. The van der Waals surface area contributed by atoms with Crippen molar-refractivity contribution >= 4 is 10.0 Å². The molecule has 0 fully saturated rings. The molecule has 92 valence electrons. The Morgan fingerprint density at radius 2 is 2.12 bits per heavy atom. The molecule has 0 radical (unpaired) electrons. The monoisotopic (exact) mass is 249 g/mol. The summed E-state index contributed by atoms with van der Waals surface area (Å²) in [5, 5.41) is 17.2. The maximum atomic E-state index is 11.6. The van der Waals surface area contributed by atoms with Crippen LogP contribution in [0.2, 0.25) is 0 Å². The van der Waals surface area contributed by atoms with Crippen LogP contribution < -0.4 is 4.72 Å². The van der Waals surface area contributed by atoms with Crippen molar-refractivity contribution < 1.29 is 23.0 Å². The lowest BCUT2D eigenvalue weighted by atomic mass is 10.2. The van der Waals surface area contributed by atoms with Crippen LogP contribution in [0.4, 0.5) is 0 Å². The Morgan fingerprint density at radius 1 is 1.44 bits per heavy atom. The second kappa shape index (κ2) is 5.44. The molecule has 1 heterocycles. The lowest BCUT2D eigenvalue weighted by molar-refractivity contribution is 0.234. The summed E-state index contributed by atoms with van der Waals surface area (Å²) in [5.41, 5.74) is 0. The number of aliphatic hydroxyl groups excluding tert-OH is 2. The molecular weight excluding hydrogens is 234 g/mol. The molecule has 1 aromatic heterocycles. The van der Waals surface area contributed by atoms with Crippen LogP contribution in [0.5, 0.6) is 0 Å². The highest BCUT2D eigenvalue weighted by Crippen LogP contribution is 2.13. The van der Waals surface area contributed by atoms with Crippen molar-refractivity contribution in [1.29, 1.82) is 0 Å². The van der Waals surface area contributed by atoms with Crippen LogP contribution in [0.3, 0.4) is 0 Å². The van der Waals surface area contributed by atoms with Gasteiger partial charge in [0.15, 0.2) is 0 Å². The molecule has 0 aromatic carbocycles. The van der Waals surface area contributed by atoms with Gasteiger partial charge >= 0.3 is 0 Å². The van der Waals surface area contributed by atoms with Crippen LogP contribution in [-0.4, -0.2) is 31.8 Å². The predicted molar refractivity (Wildman–Crippen MR) is 56.1 cm³/mol. The molecule has 16 heavy (non-hydrogen) atoms. The summed E-state index contributed by atoms with van der Waals surface area (Å²) in [6, 6.07) is 2.67. The van der Waals surface area contributed by atoms with Crippen LogP contribution in [0.25, 0.3) is 0 Å². The zero-order chi connectivity index (χ0) is 12.2. The molecule has 3 N–H and O–H groups in total. The number of hydrogen-bond donors (Lipinski definition) is 3. The van der Waals surface area contributed by atoms with E-state index in [1.165, 1.54) is 12.1 Å². The second-order valence-electron chi connectivity index (χ2n) is 3.52. The summed E-state index contributed by atoms with van der Waals surface area (Å²) < 4.78 is 30.4. The third-order valence-corrected chi connectivity index (χ3v) is 3.29. The van der Waals surface area contributed by atoms with E-state index in [0.717, 1.165) is 0 Å². The lowest BCUT2D eigenvalue weighted by Gasteiger charge is -2.08. The second-order valence-corrected chi connectivity index (χ2v) is 5.22. The summed E-state index contributed by atoms with van der Waals surface area (Å²) in [4.78, 5) is 0. The average Bonchev–Trinajstić information content (AvgIpc) is 2.75. The van der Waals surface area contributed by atoms with Gasteiger partial charge in [0, 0.05) is 13.2 Å². The van der Waals surface area contributed by atoms with Gasteiger partial charge < -0.3 is 14.6 Å². The van der Waals surface area contributed by atoms with Gasteiger partial charge in [-0.25, -0.2) is 13.1 Å². The zero-order valence-corrected chi connectivity index (χ0v) is 9.70. The van der Waals surface area contributed by atoms with E-state index in [0.29, 0.717) is 0 Å². The van der Waals surface area contributed by atoms with Crippen molar-refractivity contribution in [3.8, 4) is 0 Å². The molecule has 0 bridgehead atoms. The fraction of sp³-hybridized carbons (Fsp3) is 0.556. The molecule has 0 spiro atoms. The van der Waals surface area contributed by atoms with E-state index in [9.17, 15) is 8.42 Å². The van der Waals surface area contributed by atoms with Gasteiger partial charge in [0.2, 0.25) is 5.09 Å². The van der Waals surface area contributed by atoms with Crippen molar-refractivity contribution in [2.45, 2.75) is 18.6 Å². The minimum absolute atomic E-state index is 0.0947. The smallest absolute Gasteiger partial charge is 0.273 e. The Morgan fingerprint density at radius 3 is 2.62 bits per heavy atom. The summed E-state index contributed by atoms with van der Waals surface area (Å²) in [7, 11) is -3.69. The van der Waals surface area contributed by atoms with E-state index >= 15 is 0 Å². The van der Waals surface area contributed by atoms with Crippen LogP contribution in [-0.2, 0) is 16.6 Å². The summed E-state index contributed by atoms with van der Waals surface area (Å²) in [6.07, 6.45) is 0. The minimum atomic E-state index is -3.69. The first-order valence-electron chi connectivity index (χ1n) is 4.79. The number of aliphatic hydroxyl groups is 2. The van der Waals surface area contributed by atoms with Gasteiger partial charge in [-0.15, -0.1) is 0 Å². The number of nitrogens with one attached hydrogen (secondary N) is 1. The third-order valence-electron chi connectivity index (χ3n) is 1.99. The Kier molecular flexibility index (Phi) is 4.48. The highest BCUT2D eigenvalue weighted by molar-refractivity contribution is 7.89. The van der Waals surface area contributed by atoms with E-state index in [4.69, 9.17) is 14.6 Å². The molecule has 1 rings (SSSR count). The zero-order valence-electron chi connectivity index (χ0n) is 8.88. The van der Waals surface area contributed by atoms with Crippen LogP contribution in [0.15, 0.2) is 21.6 Å². The third kappa shape index (κ3) is 3.31. The van der Waals surface area contributed by atoms with Crippen LogP contribution in [0, 0.1) is 5.92 Å². The normalized spacial score (nSPS) is 13.9. The van der Waals surface area contributed by atoms with Gasteiger partial charge in [-0.2, -0.15) is 0 Å². The van der Waals surface area contributed by atoms with Gasteiger partial charge in [0.1, 0.15) is 12.4 Å². The van der Waals surface area contributed by atoms with E-state index in [-0.39, 0.29) is 36.5 Å². The molecule has 7 heteroatoms. The summed E-state index contributed by atoms with van der Waals surface area (Å²) in [6.45, 7) is 1.41. The van der Waals surface area contributed by atoms with Gasteiger partial charge in [-0.05, 0) is 18.1 Å². The van der Waals surface area contributed by atoms with E-state index in [1.54, 1.807) is 6.92 Å². The van der Waals surface area contributed by atoms with Crippen molar-refractivity contribution in [2.75, 3.05) is 13.2 Å². The van der Waals surface area contributed by atoms with Gasteiger partial charge in [0.25, 0.3) is 10.0 Å². The lowest BCUT2D eigenvalue weighted by Crippen LogP contribution is -2.29. The highest BCUT2D eigenvalue weighted by atomic mass is 32.2. The van der Waals surface area contributed by atoms with Gasteiger partial charge in [0.05, 0.1) is 0 Å². The maximum Gasteiger partial charge on any atom is 0.273 e. The minimum Gasteiger partial charge on any atom is -0.446 e. The Bertz CT molecular complexity index is 425. The standard InChI is InChI=1S/C9H15NO5S/c1-7(5-11)4-10-16(13,14)9-3-2-8(6-12)15-9/h2-3,7,10-12H,4-6H2,1H3.